The van der Waals surface area contributed by atoms with Crippen LogP contribution in [0, 0.1) is 0 Å². The standard InChI is InChI=1S/C10H16F3NO2/c11-9(14-3-6-15-7-4-14)10(12,13)8-2-1-5-16-8/h8-9H,1-7H2. The molecule has 6 heteroatoms. The minimum atomic E-state index is -3.42. The first kappa shape index (κ1) is 12.1. The second-order valence-corrected chi connectivity index (χ2v) is 4.16. The van der Waals surface area contributed by atoms with Crippen molar-refractivity contribution >= 4 is 0 Å². The molecule has 2 aliphatic heterocycles. The fourth-order valence-corrected chi connectivity index (χ4v) is 2.08. The lowest BCUT2D eigenvalue weighted by atomic mass is 10.1. The highest BCUT2D eigenvalue weighted by Gasteiger charge is 2.52. The van der Waals surface area contributed by atoms with Crippen molar-refractivity contribution in [3.8, 4) is 0 Å². The van der Waals surface area contributed by atoms with E-state index in [1.165, 1.54) is 0 Å². The summed E-state index contributed by atoms with van der Waals surface area (Å²) in [4.78, 5) is 1.13. The molecule has 0 aromatic rings. The topological polar surface area (TPSA) is 21.7 Å². The zero-order valence-electron chi connectivity index (χ0n) is 9.00. The van der Waals surface area contributed by atoms with Crippen LogP contribution in [-0.4, -0.2) is 56.1 Å². The van der Waals surface area contributed by atoms with Crippen LogP contribution < -0.4 is 0 Å². The van der Waals surface area contributed by atoms with Gasteiger partial charge in [0.2, 0.25) is 6.30 Å². The van der Waals surface area contributed by atoms with E-state index in [1.807, 2.05) is 0 Å². The van der Waals surface area contributed by atoms with Gasteiger partial charge >= 0.3 is 5.92 Å². The van der Waals surface area contributed by atoms with Gasteiger partial charge in [0.1, 0.15) is 6.10 Å². The number of morpholine rings is 1. The molecule has 2 rings (SSSR count). The van der Waals surface area contributed by atoms with Gasteiger partial charge in [0.25, 0.3) is 0 Å². The lowest BCUT2D eigenvalue weighted by Gasteiger charge is -2.35. The SMILES string of the molecule is FC(N1CCOCC1)C(F)(F)C1CCCO1. The van der Waals surface area contributed by atoms with Crippen molar-refractivity contribution in [2.45, 2.75) is 31.2 Å². The zero-order valence-corrected chi connectivity index (χ0v) is 9.00. The summed E-state index contributed by atoms with van der Waals surface area (Å²) >= 11 is 0. The van der Waals surface area contributed by atoms with Crippen molar-refractivity contribution in [1.82, 2.24) is 4.90 Å². The molecule has 2 atom stereocenters. The van der Waals surface area contributed by atoms with Gasteiger partial charge in [-0.3, -0.25) is 4.90 Å². The van der Waals surface area contributed by atoms with E-state index in [1.54, 1.807) is 0 Å². The lowest BCUT2D eigenvalue weighted by Crippen LogP contribution is -2.54. The van der Waals surface area contributed by atoms with Crippen LogP contribution in [-0.2, 0) is 9.47 Å². The van der Waals surface area contributed by atoms with Crippen molar-refractivity contribution in [3.63, 3.8) is 0 Å². The van der Waals surface area contributed by atoms with Gasteiger partial charge in [0, 0.05) is 19.7 Å². The second kappa shape index (κ2) is 4.89. The van der Waals surface area contributed by atoms with Crippen molar-refractivity contribution in [2.24, 2.45) is 0 Å². The molecule has 0 N–H and O–H groups in total. The first-order valence-corrected chi connectivity index (χ1v) is 5.57. The molecule has 0 bridgehead atoms. The Hall–Kier alpha value is -0.330. The highest BCUT2D eigenvalue weighted by atomic mass is 19.3. The highest BCUT2D eigenvalue weighted by Crippen LogP contribution is 2.35. The second-order valence-electron chi connectivity index (χ2n) is 4.16. The third kappa shape index (κ3) is 2.33. The molecule has 94 valence electrons. The van der Waals surface area contributed by atoms with Crippen LogP contribution in [0.3, 0.4) is 0 Å². The summed E-state index contributed by atoms with van der Waals surface area (Å²) in [6.45, 7) is 1.34. The molecule has 2 saturated heterocycles. The fraction of sp³-hybridized carbons (Fsp3) is 1.00. The quantitative estimate of drug-likeness (QED) is 0.695. The first-order valence-electron chi connectivity index (χ1n) is 5.57. The van der Waals surface area contributed by atoms with Gasteiger partial charge < -0.3 is 9.47 Å². The molecule has 0 aromatic carbocycles. The van der Waals surface area contributed by atoms with Crippen LogP contribution >= 0.6 is 0 Å². The average molecular weight is 239 g/mol. The van der Waals surface area contributed by atoms with Crippen molar-refractivity contribution in [2.75, 3.05) is 32.9 Å². The summed E-state index contributed by atoms with van der Waals surface area (Å²) in [6.07, 6.45) is -2.72. The van der Waals surface area contributed by atoms with Gasteiger partial charge in [-0.2, -0.15) is 8.78 Å². The molecule has 0 spiro atoms. The molecule has 3 nitrogen and oxygen atoms in total. The molecule has 0 amide bonds. The molecule has 0 aromatic heterocycles. The third-order valence-electron chi connectivity index (χ3n) is 3.04. The number of hydrogen-bond acceptors (Lipinski definition) is 3. The van der Waals surface area contributed by atoms with Crippen molar-refractivity contribution in [1.29, 1.82) is 0 Å². The van der Waals surface area contributed by atoms with Gasteiger partial charge in [-0.1, -0.05) is 0 Å². The normalized spacial score (nSPS) is 30.6. The van der Waals surface area contributed by atoms with Crippen LogP contribution in [0.1, 0.15) is 12.8 Å². The van der Waals surface area contributed by atoms with Crippen LogP contribution in [0.5, 0.6) is 0 Å². The Kier molecular flexibility index (Phi) is 3.71. The van der Waals surface area contributed by atoms with Gasteiger partial charge in [-0.05, 0) is 12.8 Å². The Morgan fingerprint density at radius 1 is 1.19 bits per heavy atom. The molecular formula is C10H16F3NO2. The highest BCUT2D eigenvalue weighted by molar-refractivity contribution is 4.88. The summed E-state index contributed by atoms with van der Waals surface area (Å²) in [6, 6.07) is 0. The maximum absolute atomic E-state index is 13.8. The van der Waals surface area contributed by atoms with Gasteiger partial charge in [-0.25, -0.2) is 4.39 Å². The van der Waals surface area contributed by atoms with Crippen LogP contribution in [0.15, 0.2) is 0 Å². The summed E-state index contributed by atoms with van der Waals surface area (Å²) < 4.78 is 51.1. The average Bonchev–Trinajstić information content (AvgIpc) is 2.83. The van der Waals surface area contributed by atoms with Crippen molar-refractivity contribution in [3.05, 3.63) is 0 Å². The molecule has 0 radical (unpaired) electrons. The fourth-order valence-electron chi connectivity index (χ4n) is 2.08. The number of rotatable bonds is 3. The monoisotopic (exact) mass is 239 g/mol. The number of alkyl halides is 3. The smallest absolute Gasteiger partial charge is 0.317 e. The van der Waals surface area contributed by atoms with E-state index in [-0.39, 0.29) is 19.5 Å². The zero-order chi connectivity index (χ0) is 11.6. The van der Waals surface area contributed by atoms with E-state index in [9.17, 15) is 13.2 Å². The van der Waals surface area contributed by atoms with Gasteiger partial charge in [0.05, 0.1) is 13.2 Å². The third-order valence-corrected chi connectivity index (χ3v) is 3.04. The number of nitrogens with zero attached hydrogens (tertiary/aromatic N) is 1. The van der Waals surface area contributed by atoms with E-state index in [4.69, 9.17) is 9.47 Å². The van der Waals surface area contributed by atoms with E-state index in [0.29, 0.717) is 26.2 Å². The van der Waals surface area contributed by atoms with Gasteiger partial charge in [0.15, 0.2) is 0 Å². The lowest BCUT2D eigenvalue weighted by molar-refractivity contribution is -0.206. The predicted molar refractivity (Wildman–Crippen MR) is 51.2 cm³/mol. The van der Waals surface area contributed by atoms with Crippen LogP contribution in [0.4, 0.5) is 13.2 Å². The van der Waals surface area contributed by atoms with Gasteiger partial charge in [-0.15, -0.1) is 0 Å². The number of halogens is 3. The maximum Gasteiger partial charge on any atom is 0.317 e. The summed E-state index contributed by atoms with van der Waals surface area (Å²) in [5, 5.41) is 0. The Morgan fingerprint density at radius 3 is 2.44 bits per heavy atom. The Labute approximate surface area is 92.5 Å². The Morgan fingerprint density at radius 2 is 1.88 bits per heavy atom. The molecule has 2 unspecified atom stereocenters. The molecule has 2 heterocycles. The first-order chi connectivity index (χ1) is 7.62. The summed E-state index contributed by atoms with van der Waals surface area (Å²) in [5.41, 5.74) is 0. The summed E-state index contributed by atoms with van der Waals surface area (Å²) in [5.74, 6) is -3.42. The van der Waals surface area contributed by atoms with Crippen LogP contribution in [0.2, 0.25) is 0 Å². The molecule has 2 fully saturated rings. The Balaban J connectivity index is 1.97. The largest absolute Gasteiger partial charge is 0.379 e. The van der Waals surface area contributed by atoms with Crippen molar-refractivity contribution < 1.29 is 22.6 Å². The minimum Gasteiger partial charge on any atom is -0.379 e. The molecular weight excluding hydrogens is 223 g/mol. The van der Waals surface area contributed by atoms with E-state index in [2.05, 4.69) is 0 Å². The number of ether oxygens (including phenoxy) is 2. The van der Waals surface area contributed by atoms with Crippen LogP contribution in [0.25, 0.3) is 0 Å². The Bertz CT molecular complexity index is 228. The maximum atomic E-state index is 13.8. The molecule has 0 aliphatic carbocycles. The predicted octanol–water partition coefficient (Wildman–Crippen LogP) is 1.43. The molecule has 16 heavy (non-hydrogen) atoms. The minimum absolute atomic E-state index is 0.212. The molecule has 2 aliphatic rings. The van der Waals surface area contributed by atoms with E-state index < -0.39 is 18.3 Å². The van der Waals surface area contributed by atoms with E-state index in [0.717, 1.165) is 4.90 Å². The number of hydrogen-bond donors (Lipinski definition) is 0. The summed E-state index contributed by atoms with van der Waals surface area (Å²) in [7, 11) is 0. The molecule has 0 saturated carbocycles. The van der Waals surface area contributed by atoms with E-state index >= 15 is 0 Å².